The molecule has 1 aliphatic carbocycles. The van der Waals surface area contributed by atoms with E-state index in [4.69, 9.17) is 5.11 Å². The smallest absolute Gasteiger partial charge is 0.317 e. The van der Waals surface area contributed by atoms with E-state index in [1.54, 1.807) is 11.9 Å². The highest BCUT2D eigenvalue weighted by Crippen LogP contribution is 2.18. The average molecular weight is 199 g/mol. The van der Waals surface area contributed by atoms with Gasteiger partial charge in [-0.3, -0.25) is 14.5 Å². The Morgan fingerprint density at radius 2 is 2.21 bits per heavy atom. The molecule has 0 radical (unpaired) electrons. The first-order chi connectivity index (χ1) is 6.61. The fourth-order valence-corrected chi connectivity index (χ4v) is 1.93. The summed E-state index contributed by atoms with van der Waals surface area (Å²) in [6.45, 7) is -0.0452. The second-order valence-electron chi connectivity index (χ2n) is 3.89. The van der Waals surface area contributed by atoms with Crippen LogP contribution in [0, 0.1) is 0 Å². The fourth-order valence-electron chi connectivity index (χ4n) is 1.93. The summed E-state index contributed by atoms with van der Waals surface area (Å²) in [6.07, 6.45) is 4.48. The highest BCUT2D eigenvalue weighted by molar-refractivity contribution is 5.84. The number of carbonyl (C=O) groups excluding carboxylic acids is 1. The van der Waals surface area contributed by atoms with Gasteiger partial charge in [-0.1, -0.05) is 12.8 Å². The zero-order chi connectivity index (χ0) is 10.6. The molecular weight excluding hydrogens is 182 g/mol. The second-order valence-corrected chi connectivity index (χ2v) is 3.89. The second kappa shape index (κ2) is 5.10. The molecule has 0 spiro atoms. The molecule has 4 heteroatoms. The monoisotopic (exact) mass is 199 g/mol. The van der Waals surface area contributed by atoms with Gasteiger partial charge >= 0.3 is 5.97 Å². The third-order valence-electron chi connectivity index (χ3n) is 2.69. The van der Waals surface area contributed by atoms with Crippen LogP contribution in [0.3, 0.4) is 0 Å². The van der Waals surface area contributed by atoms with E-state index in [1.165, 1.54) is 0 Å². The zero-order valence-corrected chi connectivity index (χ0v) is 8.53. The molecular formula is C10H17NO3. The lowest BCUT2D eigenvalue weighted by atomic mass is 10.1. The zero-order valence-electron chi connectivity index (χ0n) is 8.53. The van der Waals surface area contributed by atoms with E-state index in [2.05, 4.69) is 0 Å². The number of aliphatic carboxylic acids is 1. The Balaban J connectivity index is 2.54. The highest BCUT2D eigenvalue weighted by Gasteiger charge is 2.25. The van der Waals surface area contributed by atoms with Crippen LogP contribution in [0.15, 0.2) is 0 Å². The third-order valence-corrected chi connectivity index (χ3v) is 2.69. The molecule has 0 saturated heterocycles. The van der Waals surface area contributed by atoms with Gasteiger partial charge in [-0.15, -0.1) is 0 Å². The number of ketones is 1. The number of rotatable bonds is 3. The van der Waals surface area contributed by atoms with Crippen molar-refractivity contribution in [2.45, 2.75) is 38.1 Å². The van der Waals surface area contributed by atoms with Crippen LogP contribution in [0.1, 0.15) is 32.1 Å². The predicted octanol–water partition coefficient (Wildman–Crippen LogP) is 0.905. The molecule has 80 valence electrons. The molecule has 0 aromatic carbocycles. The number of nitrogens with zero attached hydrogens (tertiary/aromatic N) is 1. The molecule has 4 nitrogen and oxygen atoms in total. The molecule has 1 saturated carbocycles. The van der Waals surface area contributed by atoms with E-state index in [1.807, 2.05) is 0 Å². The number of hydrogen-bond donors (Lipinski definition) is 1. The first-order valence-corrected chi connectivity index (χ1v) is 5.06. The third kappa shape index (κ3) is 3.10. The number of Topliss-reactive ketones (excluding diaryl/α,β-unsaturated/α-hetero) is 1. The van der Waals surface area contributed by atoms with Crippen LogP contribution >= 0.6 is 0 Å². The molecule has 1 N–H and O–H groups in total. The minimum Gasteiger partial charge on any atom is -0.480 e. The molecule has 1 unspecified atom stereocenters. The van der Waals surface area contributed by atoms with Crippen molar-refractivity contribution in [3.05, 3.63) is 0 Å². The van der Waals surface area contributed by atoms with Crippen LogP contribution in [-0.4, -0.2) is 41.4 Å². The van der Waals surface area contributed by atoms with Gasteiger partial charge in [0.05, 0.1) is 12.6 Å². The van der Waals surface area contributed by atoms with Gasteiger partial charge in [-0.2, -0.15) is 0 Å². The Morgan fingerprint density at radius 3 is 2.86 bits per heavy atom. The van der Waals surface area contributed by atoms with E-state index in [0.717, 1.165) is 25.7 Å². The molecule has 0 bridgehead atoms. The standard InChI is InChI=1S/C10H17NO3/c1-11(7-10(13)14)8-5-3-2-4-6-9(8)12/h8H,2-7H2,1H3,(H,13,14). The number of hydrogen-bond acceptors (Lipinski definition) is 3. The molecule has 0 aliphatic heterocycles. The molecule has 14 heavy (non-hydrogen) atoms. The molecule has 1 aliphatic rings. The topological polar surface area (TPSA) is 57.6 Å². The van der Waals surface area contributed by atoms with Crippen molar-refractivity contribution in [2.24, 2.45) is 0 Å². The van der Waals surface area contributed by atoms with E-state index in [-0.39, 0.29) is 18.4 Å². The van der Waals surface area contributed by atoms with Gasteiger partial charge in [0, 0.05) is 6.42 Å². The summed E-state index contributed by atoms with van der Waals surface area (Å²) in [4.78, 5) is 23.7. The lowest BCUT2D eigenvalue weighted by Gasteiger charge is -2.23. The minimum absolute atomic E-state index is 0.0452. The Bertz CT molecular complexity index is 227. The van der Waals surface area contributed by atoms with Crippen molar-refractivity contribution in [2.75, 3.05) is 13.6 Å². The van der Waals surface area contributed by atoms with Gasteiger partial charge < -0.3 is 5.11 Å². The Kier molecular flexibility index (Phi) is 4.07. The van der Waals surface area contributed by atoms with Crippen molar-refractivity contribution in [1.29, 1.82) is 0 Å². The first kappa shape index (κ1) is 11.2. The van der Waals surface area contributed by atoms with Gasteiger partial charge in [0.2, 0.25) is 0 Å². The van der Waals surface area contributed by atoms with Gasteiger partial charge in [0.1, 0.15) is 5.78 Å². The van der Waals surface area contributed by atoms with Crippen LogP contribution in [0.4, 0.5) is 0 Å². The lowest BCUT2D eigenvalue weighted by Crippen LogP contribution is -2.40. The van der Waals surface area contributed by atoms with Crippen LogP contribution in [-0.2, 0) is 9.59 Å². The van der Waals surface area contributed by atoms with E-state index in [9.17, 15) is 9.59 Å². The van der Waals surface area contributed by atoms with Gasteiger partial charge in [-0.05, 0) is 19.9 Å². The molecule has 0 aromatic heterocycles. The summed E-state index contributed by atoms with van der Waals surface area (Å²) in [7, 11) is 1.71. The summed E-state index contributed by atoms with van der Waals surface area (Å²) in [6, 6.07) is -0.173. The maximum atomic E-state index is 11.6. The van der Waals surface area contributed by atoms with E-state index in [0.29, 0.717) is 6.42 Å². The van der Waals surface area contributed by atoms with Crippen molar-refractivity contribution in [3.8, 4) is 0 Å². The number of carboxylic acid groups (broad SMARTS) is 1. The van der Waals surface area contributed by atoms with Crippen molar-refractivity contribution in [1.82, 2.24) is 4.90 Å². The molecule has 1 fully saturated rings. The van der Waals surface area contributed by atoms with Crippen LogP contribution in [0.2, 0.25) is 0 Å². The van der Waals surface area contributed by atoms with Crippen LogP contribution < -0.4 is 0 Å². The molecule has 0 heterocycles. The summed E-state index contributed by atoms with van der Waals surface area (Å²) in [5, 5.41) is 8.62. The van der Waals surface area contributed by atoms with Crippen molar-refractivity contribution < 1.29 is 14.7 Å². The Labute approximate surface area is 83.9 Å². The maximum Gasteiger partial charge on any atom is 0.317 e. The first-order valence-electron chi connectivity index (χ1n) is 5.06. The van der Waals surface area contributed by atoms with Gasteiger partial charge in [0.25, 0.3) is 0 Å². The largest absolute Gasteiger partial charge is 0.480 e. The number of carboxylic acids is 1. The SMILES string of the molecule is CN(CC(=O)O)C1CCCCCC1=O. The summed E-state index contributed by atoms with van der Waals surface area (Å²) >= 11 is 0. The summed E-state index contributed by atoms with van der Waals surface area (Å²) in [5.74, 6) is -0.671. The lowest BCUT2D eigenvalue weighted by molar-refractivity contribution is -0.139. The molecule has 0 aromatic rings. The minimum atomic E-state index is -0.871. The Hall–Kier alpha value is -0.900. The normalized spacial score (nSPS) is 23.6. The number of likely N-dealkylation sites (N-methyl/N-ethyl adjacent to an activating group) is 1. The fraction of sp³-hybridized carbons (Fsp3) is 0.800. The van der Waals surface area contributed by atoms with Crippen molar-refractivity contribution >= 4 is 11.8 Å². The maximum absolute atomic E-state index is 11.6. The van der Waals surface area contributed by atoms with E-state index < -0.39 is 5.97 Å². The highest BCUT2D eigenvalue weighted by atomic mass is 16.4. The molecule has 0 amide bonds. The number of carbonyl (C=O) groups is 2. The van der Waals surface area contributed by atoms with Crippen LogP contribution in [0.25, 0.3) is 0 Å². The molecule has 1 rings (SSSR count). The quantitative estimate of drug-likeness (QED) is 0.686. The summed E-state index contributed by atoms with van der Waals surface area (Å²) in [5.41, 5.74) is 0. The van der Waals surface area contributed by atoms with Gasteiger partial charge in [-0.25, -0.2) is 0 Å². The predicted molar refractivity (Wildman–Crippen MR) is 52.1 cm³/mol. The molecule has 1 atom stereocenters. The Morgan fingerprint density at radius 1 is 1.50 bits per heavy atom. The average Bonchev–Trinajstić information content (AvgIpc) is 2.28. The van der Waals surface area contributed by atoms with Crippen LogP contribution in [0.5, 0.6) is 0 Å². The summed E-state index contributed by atoms with van der Waals surface area (Å²) < 4.78 is 0. The van der Waals surface area contributed by atoms with E-state index >= 15 is 0 Å². The van der Waals surface area contributed by atoms with Crippen molar-refractivity contribution in [3.63, 3.8) is 0 Å². The van der Waals surface area contributed by atoms with Gasteiger partial charge in [0.15, 0.2) is 0 Å².